The number of pyridine rings is 1. The molecular formula is C17H15ClN4O2S. The van der Waals surface area contributed by atoms with Crippen molar-refractivity contribution in [3.8, 4) is 17.0 Å². The number of thiazole rings is 1. The number of rotatable bonds is 5. The maximum Gasteiger partial charge on any atom is 0.319 e. The number of benzene rings is 1. The fourth-order valence-corrected chi connectivity index (χ4v) is 3.11. The van der Waals surface area contributed by atoms with E-state index >= 15 is 0 Å². The normalized spacial score (nSPS) is 10.3. The van der Waals surface area contributed by atoms with Crippen molar-refractivity contribution in [3.05, 3.63) is 58.1 Å². The molecule has 0 spiro atoms. The van der Waals surface area contributed by atoms with Crippen LogP contribution < -0.4 is 15.4 Å². The molecule has 2 N–H and O–H groups in total. The van der Waals surface area contributed by atoms with Crippen LogP contribution in [0.1, 0.15) is 5.01 Å². The van der Waals surface area contributed by atoms with Crippen LogP contribution in [0.4, 0.5) is 10.5 Å². The van der Waals surface area contributed by atoms with Crippen LogP contribution in [0.15, 0.2) is 48.1 Å². The molecule has 0 unspecified atom stereocenters. The van der Waals surface area contributed by atoms with E-state index in [-0.39, 0.29) is 6.03 Å². The summed E-state index contributed by atoms with van der Waals surface area (Å²) in [6, 6.07) is 8.56. The van der Waals surface area contributed by atoms with Gasteiger partial charge < -0.3 is 15.4 Å². The molecule has 0 aliphatic rings. The van der Waals surface area contributed by atoms with E-state index in [4.69, 9.17) is 16.3 Å². The minimum absolute atomic E-state index is 0.314. The lowest BCUT2D eigenvalue weighted by atomic mass is 10.2. The second kappa shape index (κ2) is 7.96. The van der Waals surface area contributed by atoms with Gasteiger partial charge in [0.25, 0.3) is 0 Å². The third-order valence-electron chi connectivity index (χ3n) is 3.36. The maximum atomic E-state index is 12.1. The number of aromatic nitrogens is 2. The average Bonchev–Trinajstić information content (AvgIpc) is 3.11. The number of para-hydroxylation sites is 1. The molecule has 0 aliphatic carbocycles. The monoisotopic (exact) mass is 374 g/mol. The van der Waals surface area contributed by atoms with Crippen molar-refractivity contribution in [2.24, 2.45) is 0 Å². The first-order chi connectivity index (χ1) is 12.2. The van der Waals surface area contributed by atoms with Crippen LogP contribution in [0.5, 0.6) is 5.75 Å². The van der Waals surface area contributed by atoms with Gasteiger partial charge in [-0.15, -0.1) is 11.3 Å². The molecule has 3 aromatic rings. The van der Waals surface area contributed by atoms with Crippen molar-refractivity contribution < 1.29 is 9.53 Å². The number of amides is 2. The number of urea groups is 1. The van der Waals surface area contributed by atoms with E-state index in [0.29, 0.717) is 23.0 Å². The lowest BCUT2D eigenvalue weighted by molar-refractivity contribution is 0.251. The number of anilines is 1. The summed E-state index contributed by atoms with van der Waals surface area (Å²) < 4.78 is 5.20. The van der Waals surface area contributed by atoms with Crippen LogP contribution in [0.3, 0.4) is 0 Å². The molecule has 0 saturated heterocycles. The molecule has 0 aliphatic heterocycles. The van der Waals surface area contributed by atoms with Gasteiger partial charge in [0, 0.05) is 23.3 Å². The van der Waals surface area contributed by atoms with Crippen LogP contribution in [0, 0.1) is 0 Å². The molecule has 8 heteroatoms. The molecule has 128 valence electrons. The summed E-state index contributed by atoms with van der Waals surface area (Å²) in [7, 11) is 1.52. The van der Waals surface area contributed by atoms with Gasteiger partial charge in [-0.2, -0.15) is 0 Å². The number of methoxy groups -OCH3 is 1. The van der Waals surface area contributed by atoms with Crippen molar-refractivity contribution in [1.29, 1.82) is 0 Å². The smallest absolute Gasteiger partial charge is 0.319 e. The highest BCUT2D eigenvalue weighted by Gasteiger charge is 2.12. The molecule has 1 aromatic carbocycles. The predicted octanol–water partition coefficient (Wildman–Crippen LogP) is 4.19. The van der Waals surface area contributed by atoms with E-state index in [1.807, 2.05) is 17.5 Å². The number of nitrogens with zero attached hydrogens (tertiary/aromatic N) is 2. The van der Waals surface area contributed by atoms with Gasteiger partial charge >= 0.3 is 6.03 Å². The van der Waals surface area contributed by atoms with E-state index in [2.05, 4.69) is 20.6 Å². The lowest BCUT2D eigenvalue weighted by Gasteiger charge is -2.12. The summed E-state index contributed by atoms with van der Waals surface area (Å²) in [5.74, 6) is 0.497. The Hall–Kier alpha value is -2.64. The topological polar surface area (TPSA) is 76.1 Å². The Morgan fingerprint density at radius 2 is 2.08 bits per heavy atom. The Labute approximate surface area is 153 Å². The standard InChI is InChI=1S/C17H15ClN4O2S/c1-24-14-4-2-3-12(18)16(14)22-17(23)20-9-15-21-13(10-25-15)11-5-7-19-8-6-11/h2-8,10H,9H2,1H3,(H2,20,22,23). The molecule has 2 aromatic heterocycles. The Bertz CT molecular complexity index is 870. The number of ether oxygens (including phenoxy) is 1. The highest BCUT2D eigenvalue weighted by molar-refractivity contribution is 7.09. The molecule has 0 saturated carbocycles. The molecule has 3 rings (SSSR count). The molecular weight excluding hydrogens is 360 g/mol. The van der Waals surface area contributed by atoms with E-state index in [0.717, 1.165) is 16.3 Å². The number of carbonyl (C=O) groups excluding carboxylic acids is 1. The second-order valence-corrected chi connectivity index (χ2v) is 6.34. The summed E-state index contributed by atoms with van der Waals surface area (Å²) in [6.45, 7) is 0.314. The number of hydrogen-bond donors (Lipinski definition) is 2. The van der Waals surface area contributed by atoms with Gasteiger partial charge in [0.05, 0.1) is 24.4 Å². The number of nitrogens with one attached hydrogen (secondary N) is 2. The quantitative estimate of drug-likeness (QED) is 0.702. The van der Waals surface area contributed by atoms with E-state index in [1.54, 1.807) is 30.6 Å². The third-order valence-corrected chi connectivity index (χ3v) is 4.53. The average molecular weight is 375 g/mol. The molecule has 0 fully saturated rings. The zero-order chi connectivity index (χ0) is 17.6. The first-order valence-corrected chi connectivity index (χ1v) is 8.65. The number of carbonyl (C=O) groups is 1. The highest BCUT2D eigenvalue weighted by Crippen LogP contribution is 2.31. The van der Waals surface area contributed by atoms with Crippen LogP contribution >= 0.6 is 22.9 Å². The zero-order valence-electron chi connectivity index (χ0n) is 13.3. The second-order valence-electron chi connectivity index (χ2n) is 4.99. The van der Waals surface area contributed by atoms with E-state index in [1.165, 1.54) is 18.4 Å². The Balaban J connectivity index is 1.61. The van der Waals surface area contributed by atoms with Gasteiger partial charge in [-0.3, -0.25) is 4.98 Å². The van der Waals surface area contributed by atoms with Crippen molar-refractivity contribution >= 4 is 34.7 Å². The third kappa shape index (κ3) is 4.26. The summed E-state index contributed by atoms with van der Waals surface area (Å²) in [5, 5.41) is 8.61. The summed E-state index contributed by atoms with van der Waals surface area (Å²) in [6.07, 6.45) is 3.44. The largest absolute Gasteiger partial charge is 0.495 e. The fraction of sp³-hybridized carbons (Fsp3) is 0.118. The molecule has 2 amide bonds. The molecule has 0 bridgehead atoms. The molecule has 0 atom stereocenters. The summed E-state index contributed by atoms with van der Waals surface area (Å²) in [4.78, 5) is 20.6. The van der Waals surface area contributed by atoms with Crippen molar-refractivity contribution in [2.75, 3.05) is 12.4 Å². The van der Waals surface area contributed by atoms with Crippen molar-refractivity contribution in [2.45, 2.75) is 6.54 Å². The number of halogens is 1. The number of hydrogen-bond acceptors (Lipinski definition) is 5. The molecule has 25 heavy (non-hydrogen) atoms. The minimum atomic E-state index is -0.382. The highest BCUT2D eigenvalue weighted by atomic mass is 35.5. The van der Waals surface area contributed by atoms with Crippen LogP contribution in [0.25, 0.3) is 11.3 Å². The van der Waals surface area contributed by atoms with Crippen molar-refractivity contribution in [1.82, 2.24) is 15.3 Å². The first-order valence-electron chi connectivity index (χ1n) is 7.39. The van der Waals surface area contributed by atoms with Gasteiger partial charge in [0.15, 0.2) is 0 Å². The summed E-state index contributed by atoms with van der Waals surface area (Å²) >= 11 is 7.58. The first kappa shape index (κ1) is 17.2. The van der Waals surface area contributed by atoms with Crippen LogP contribution in [-0.2, 0) is 6.54 Å². The van der Waals surface area contributed by atoms with E-state index < -0.39 is 0 Å². The van der Waals surface area contributed by atoms with Crippen LogP contribution in [-0.4, -0.2) is 23.1 Å². The van der Waals surface area contributed by atoms with Gasteiger partial charge in [-0.1, -0.05) is 17.7 Å². The fourth-order valence-electron chi connectivity index (χ4n) is 2.16. The van der Waals surface area contributed by atoms with Crippen LogP contribution in [0.2, 0.25) is 5.02 Å². The Morgan fingerprint density at radius 1 is 1.28 bits per heavy atom. The SMILES string of the molecule is COc1cccc(Cl)c1NC(=O)NCc1nc(-c2ccncc2)cs1. The Kier molecular flexibility index (Phi) is 5.47. The maximum absolute atomic E-state index is 12.1. The lowest BCUT2D eigenvalue weighted by Crippen LogP contribution is -2.28. The Morgan fingerprint density at radius 3 is 2.84 bits per heavy atom. The molecule has 2 heterocycles. The van der Waals surface area contributed by atoms with Gasteiger partial charge in [-0.25, -0.2) is 9.78 Å². The van der Waals surface area contributed by atoms with E-state index in [9.17, 15) is 4.79 Å². The minimum Gasteiger partial charge on any atom is -0.495 e. The molecule has 0 radical (unpaired) electrons. The summed E-state index contributed by atoms with van der Waals surface area (Å²) in [5.41, 5.74) is 2.28. The van der Waals surface area contributed by atoms with Crippen molar-refractivity contribution in [3.63, 3.8) is 0 Å². The van der Waals surface area contributed by atoms with Gasteiger partial charge in [0.1, 0.15) is 16.4 Å². The van der Waals surface area contributed by atoms with Gasteiger partial charge in [0.2, 0.25) is 0 Å². The zero-order valence-corrected chi connectivity index (χ0v) is 14.9. The predicted molar refractivity (Wildman–Crippen MR) is 99.2 cm³/mol. The van der Waals surface area contributed by atoms with Gasteiger partial charge in [-0.05, 0) is 24.3 Å². The molecule has 6 nitrogen and oxygen atoms in total.